The average Bonchev–Trinajstić information content (AvgIpc) is 3.06. The lowest BCUT2D eigenvalue weighted by Crippen LogP contribution is -2.38. The summed E-state index contributed by atoms with van der Waals surface area (Å²) in [6, 6.07) is 12.2. The minimum absolute atomic E-state index is 0.354. The van der Waals surface area contributed by atoms with Crippen LogP contribution < -0.4 is 16.0 Å². The molecular weight excluding hydrogens is 320 g/mol. The van der Waals surface area contributed by atoms with Crippen LogP contribution in [-0.2, 0) is 24.2 Å². The first kappa shape index (κ1) is 15.4. The third-order valence-corrected chi connectivity index (χ3v) is 4.48. The summed E-state index contributed by atoms with van der Waals surface area (Å²) in [5, 5.41) is 0.354. The topological polar surface area (TPSA) is 81.2 Å². The van der Waals surface area contributed by atoms with E-state index in [2.05, 4.69) is 4.98 Å². The number of aromatic amines is 1. The SMILES string of the molecule is O=C(Cn1c(=O)[nH]c2ccccc2c1=O)Oc1ccc2c(c1)CCC2. The fourth-order valence-corrected chi connectivity index (χ4v) is 3.25. The maximum atomic E-state index is 12.4. The zero-order chi connectivity index (χ0) is 17.4. The van der Waals surface area contributed by atoms with Crippen molar-refractivity contribution in [2.24, 2.45) is 0 Å². The number of aryl methyl sites for hydroxylation is 2. The van der Waals surface area contributed by atoms with Gasteiger partial charge in [-0.3, -0.25) is 4.79 Å². The molecule has 1 heterocycles. The van der Waals surface area contributed by atoms with Crippen molar-refractivity contribution in [2.75, 3.05) is 0 Å². The maximum Gasteiger partial charge on any atom is 0.331 e. The molecule has 0 saturated carbocycles. The lowest BCUT2D eigenvalue weighted by molar-refractivity contribution is -0.135. The Labute approximate surface area is 142 Å². The summed E-state index contributed by atoms with van der Waals surface area (Å²) < 4.78 is 6.17. The lowest BCUT2D eigenvalue weighted by atomic mass is 10.1. The molecule has 0 bridgehead atoms. The molecule has 0 saturated heterocycles. The third-order valence-electron chi connectivity index (χ3n) is 4.48. The molecule has 1 N–H and O–H groups in total. The Morgan fingerprint density at radius 1 is 1.08 bits per heavy atom. The van der Waals surface area contributed by atoms with Crippen LogP contribution in [-0.4, -0.2) is 15.5 Å². The van der Waals surface area contributed by atoms with Gasteiger partial charge in [0.1, 0.15) is 12.3 Å². The first-order valence-electron chi connectivity index (χ1n) is 8.16. The smallest absolute Gasteiger partial charge is 0.331 e. The summed E-state index contributed by atoms with van der Waals surface area (Å²) in [7, 11) is 0. The van der Waals surface area contributed by atoms with Crippen molar-refractivity contribution in [2.45, 2.75) is 25.8 Å². The molecule has 1 aliphatic rings. The molecule has 25 heavy (non-hydrogen) atoms. The molecule has 6 nitrogen and oxygen atoms in total. The van der Waals surface area contributed by atoms with Gasteiger partial charge in [0.05, 0.1) is 10.9 Å². The maximum absolute atomic E-state index is 12.4. The predicted molar refractivity (Wildman–Crippen MR) is 92.9 cm³/mol. The van der Waals surface area contributed by atoms with E-state index in [-0.39, 0.29) is 0 Å². The molecule has 0 unspecified atom stereocenters. The summed E-state index contributed by atoms with van der Waals surface area (Å²) in [5.41, 5.74) is 1.77. The summed E-state index contributed by atoms with van der Waals surface area (Å²) in [4.78, 5) is 39.3. The molecule has 0 spiro atoms. The number of hydrogen-bond donors (Lipinski definition) is 1. The van der Waals surface area contributed by atoms with Crippen molar-refractivity contribution in [1.29, 1.82) is 0 Å². The van der Waals surface area contributed by atoms with Crippen LogP contribution in [0.15, 0.2) is 52.1 Å². The van der Waals surface area contributed by atoms with Crippen LogP contribution in [0.1, 0.15) is 17.5 Å². The van der Waals surface area contributed by atoms with E-state index in [1.54, 1.807) is 30.3 Å². The number of fused-ring (bicyclic) bond motifs is 2. The fourth-order valence-electron chi connectivity index (χ4n) is 3.25. The van der Waals surface area contributed by atoms with Gasteiger partial charge in [0.2, 0.25) is 0 Å². The number of esters is 1. The highest BCUT2D eigenvalue weighted by Crippen LogP contribution is 2.26. The van der Waals surface area contributed by atoms with Crippen LogP contribution in [0, 0.1) is 0 Å². The molecular formula is C19H16N2O4. The zero-order valence-electron chi connectivity index (χ0n) is 13.5. The first-order chi connectivity index (χ1) is 12.1. The van der Waals surface area contributed by atoms with E-state index >= 15 is 0 Å². The molecule has 0 atom stereocenters. The summed E-state index contributed by atoms with van der Waals surface area (Å²) in [6.45, 7) is -0.434. The summed E-state index contributed by atoms with van der Waals surface area (Å²) in [5.74, 6) is -0.211. The van der Waals surface area contributed by atoms with E-state index in [9.17, 15) is 14.4 Å². The second kappa shape index (κ2) is 6.05. The van der Waals surface area contributed by atoms with E-state index < -0.39 is 23.8 Å². The number of rotatable bonds is 3. The highest BCUT2D eigenvalue weighted by molar-refractivity contribution is 5.78. The molecule has 3 aromatic rings. The van der Waals surface area contributed by atoms with Gasteiger partial charge in [0, 0.05) is 0 Å². The molecule has 1 aliphatic carbocycles. The Morgan fingerprint density at radius 2 is 1.88 bits per heavy atom. The Hall–Kier alpha value is -3.15. The number of aromatic nitrogens is 2. The van der Waals surface area contributed by atoms with Gasteiger partial charge in [-0.1, -0.05) is 18.2 Å². The van der Waals surface area contributed by atoms with E-state index in [0.29, 0.717) is 16.7 Å². The first-order valence-corrected chi connectivity index (χ1v) is 8.16. The highest BCUT2D eigenvalue weighted by Gasteiger charge is 2.15. The molecule has 0 aliphatic heterocycles. The number of carbonyl (C=O) groups is 1. The van der Waals surface area contributed by atoms with Gasteiger partial charge in [-0.25, -0.2) is 14.2 Å². The molecule has 0 fully saturated rings. The molecule has 2 aromatic carbocycles. The monoisotopic (exact) mass is 336 g/mol. The van der Waals surface area contributed by atoms with Crippen molar-refractivity contribution < 1.29 is 9.53 Å². The Bertz CT molecular complexity index is 1090. The highest BCUT2D eigenvalue weighted by atomic mass is 16.5. The van der Waals surface area contributed by atoms with Crippen LogP contribution >= 0.6 is 0 Å². The van der Waals surface area contributed by atoms with Crippen molar-refractivity contribution in [3.8, 4) is 5.75 Å². The average molecular weight is 336 g/mol. The molecule has 0 radical (unpaired) electrons. The molecule has 6 heteroatoms. The van der Waals surface area contributed by atoms with Crippen LogP contribution in [0.2, 0.25) is 0 Å². The van der Waals surface area contributed by atoms with E-state index in [4.69, 9.17) is 4.74 Å². The van der Waals surface area contributed by atoms with Gasteiger partial charge in [-0.2, -0.15) is 0 Å². The second-order valence-electron chi connectivity index (χ2n) is 6.13. The van der Waals surface area contributed by atoms with Crippen LogP contribution in [0.25, 0.3) is 10.9 Å². The Balaban J connectivity index is 1.60. The number of carbonyl (C=O) groups excluding carboxylic acids is 1. The van der Waals surface area contributed by atoms with Crippen molar-refractivity contribution in [3.05, 3.63) is 74.4 Å². The molecule has 126 valence electrons. The van der Waals surface area contributed by atoms with Gasteiger partial charge < -0.3 is 9.72 Å². The Kier molecular flexibility index (Phi) is 3.72. The number of nitrogens with zero attached hydrogens (tertiary/aromatic N) is 1. The van der Waals surface area contributed by atoms with E-state index in [0.717, 1.165) is 23.8 Å². The van der Waals surface area contributed by atoms with Crippen molar-refractivity contribution in [1.82, 2.24) is 9.55 Å². The molecule has 0 amide bonds. The lowest BCUT2D eigenvalue weighted by Gasteiger charge is -2.08. The molecule has 4 rings (SSSR count). The quantitative estimate of drug-likeness (QED) is 0.584. The second-order valence-corrected chi connectivity index (χ2v) is 6.13. The minimum Gasteiger partial charge on any atom is -0.425 e. The third kappa shape index (κ3) is 2.87. The van der Waals surface area contributed by atoms with E-state index in [1.165, 1.54) is 11.1 Å². The van der Waals surface area contributed by atoms with Crippen LogP contribution in [0.4, 0.5) is 0 Å². The number of para-hydroxylation sites is 1. The van der Waals surface area contributed by atoms with Gasteiger partial charge in [0.15, 0.2) is 0 Å². The van der Waals surface area contributed by atoms with Crippen molar-refractivity contribution >= 4 is 16.9 Å². The Morgan fingerprint density at radius 3 is 2.76 bits per heavy atom. The minimum atomic E-state index is -0.652. The zero-order valence-corrected chi connectivity index (χ0v) is 13.5. The van der Waals surface area contributed by atoms with Crippen molar-refractivity contribution in [3.63, 3.8) is 0 Å². The van der Waals surface area contributed by atoms with Gasteiger partial charge in [-0.15, -0.1) is 0 Å². The number of H-pyrrole nitrogens is 1. The summed E-state index contributed by atoms with van der Waals surface area (Å²) >= 11 is 0. The standard InChI is InChI=1S/C19H16N2O4/c22-17(25-14-9-8-12-4-3-5-13(12)10-14)11-21-18(23)15-6-1-2-7-16(15)20-19(21)24/h1-2,6-10H,3-5,11H2,(H,20,24). The number of benzene rings is 2. The van der Waals surface area contributed by atoms with Crippen LogP contribution in [0.3, 0.4) is 0 Å². The fraction of sp³-hybridized carbons (Fsp3) is 0.211. The van der Waals surface area contributed by atoms with Gasteiger partial charge in [-0.05, 0) is 54.7 Å². The largest absolute Gasteiger partial charge is 0.425 e. The summed E-state index contributed by atoms with van der Waals surface area (Å²) in [6.07, 6.45) is 3.13. The number of ether oxygens (including phenoxy) is 1. The van der Waals surface area contributed by atoms with Gasteiger partial charge >= 0.3 is 11.7 Å². The number of hydrogen-bond acceptors (Lipinski definition) is 4. The van der Waals surface area contributed by atoms with E-state index in [1.807, 2.05) is 12.1 Å². The van der Waals surface area contributed by atoms with Gasteiger partial charge in [0.25, 0.3) is 5.56 Å². The normalized spacial score (nSPS) is 13.0. The molecule has 1 aromatic heterocycles. The number of nitrogens with one attached hydrogen (secondary N) is 1. The van der Waals surface area contributed by atoms with Crippen LogP contribution in [0.5, 0.6) is 5.75 Å². The predicted octanol–water partition coefficient (Wildman–Crippen LogP) is 1.78.